The van der Waals surface area contributed by atoms with Crippen molar-refractivity contribution in [2.75, 3.05) is 18.5 Å². The van der Waals surface area contributed by atoms with Gasteiger partial charge in [-0.1, -0.05) is 6.07 Å². The largest absolute Gasteiger partial charge is 0.381 e. The SMILES string of the molecule is CCOCC1CCC(c2ccc(NC(=O)C=N)c(F)c2)CC1. The second kappa shape index (κ2) is 8.03. The summed E-state index contributed by atoms with van der Waals surface area (Å²) in [6, 6.07) is 4.96. The van der Waals surface area contributed by atoms with E-state index in [1.165, 1.54) is 6.07 Å². The van der Waals surface area contributed by atoms with Gasteiger partial charge in [0.15, 0.2) is 0 Å². The number of rotatable bonds is 6. The molecule has 1 aromatic carbocycles. The minimum absolute atomic E-state index is 0.127. The van der Waals surface area contributed by atoms with Crippen molar-refractivity contribution in [1.29, 1.82) is 5.41 Å². The zero-order valence-electron chi connectivity index (χ0n) is 12.9. The Kier molecular flexibility index (Phi) is 6.07. The fraction of sp³-hybridized carbons (Fsp3) is 0.529. The highest BCUT2D eigenvalue weighted by Gasteiger charge is 2.23. The molecule has 5 heteroatoms. The van der Waals surface area contributed by atoms with Crippen LogP contribution in [-0.4, -0.2) is 25.3 Å². The topological polar surface area (TPSA) is 62.2 Å². The molecule has 0 radical (unpaired) electrons. The molecule has 120 valence electrons. The molecule has 1 aliphatic carbocycles. The fourth-order valence-electron chi connectivity index (χ4n) is 3.00. The normalized spacial score (nSPS) is 21.4. The lowest BCUT2D eigenvalue weighted by atomic mass is 9.79. The summed E-state index contributed by atoms with van der Waals surface area (Å²) in [5.41, 5.74) is 1.11. The number of hydrogen-bond acceptors (Lipinski definition) is 3. The molecule has 0 bridgehead atoms. The molecule has 0 spiro atoms. The molecule has 0 aliphatic heterocycles. The molecule has 1 aliphatic rings. The molecule has 0 heterocycles. The number of benzene rings is 1. The van der Waals surface area contributed by atoms with Gasteiger partial charge < -0.3 is 15.5 Å². The van der Waals surface area contributed by atoms with Crippen LogP contribution in [0.4, 0.5) is 10.1 Å². The summed E-state index contributed by atoms with van der Waals surface area (Å²) in [5.74, 6) is -0.0701. The van der Waals surface area contributed by atoms with Gasteiger partial charge in [0.2, 0.25) is 0 Å². The van der Waals surface area contributed by atoms with Gasteiger partial charge in [-0.15, -0.1) is 0 Å². The van der Waals surface area contributed by atoms with Crippen LogP contribution in [0.15, 0.2) is 18.2 Å². The molecule has 0 unspecified atom stereocenters. The van der Waals surface area contributed by atoms with Crippen LogP contribution < -0.4 is 5.32 Å². The predicted octanol–water partition coefficient (Wildman–Crippen LogP) is 3.72. The van der Waals surface area contributed by atoms with Crippen molar-refractivity contribution in [3.8, 4) is 0 Å². The van der Waals surface area contributed by atoms with Crippen molar-refractivity contribution in [3.05, 3.63) is 29.6 Å². The molecule has 1 aromatic rings. The second-order valence-electron chi connectivity index (χ2n) is 5.75. The van der Waals surface area contributed by atoms with Gasteiger partial charge in [-0.3, -0.25) is 4.79 Å². The predicted molar refractivity (Wildman–Crippen MR) is 85.0 cm³/mol. The first-order valence-corrected chi connectivity index (χ1v) is 7.82. The quantitative estimate of drug-likeness (QED) is 0.787. The summed E-state index contributed by atoms with van der Waals surface area (Å²) < 4.78 is 19.5. The average molecular weight is 306 g/mol. The van der Waals surface area contributed by atoms with Crippen LogP contribution in [0, 0.1) is 17.1 Å². The third kappa shape index (κ3) is 4.37. The van der Waals surface area contributed by atoms with Crippen LogP contribution in [0.25, 0.3) is 0 Å². The lowest BCUT2D eigenvalue weighted by molar-refractivity contribution is -0.110. The number of amides is 1. The summed E-state index contributed by atoms with van der Waals surface area (Å²) in [6.07, 6.45) is 4.94. The van der Waals surface area contributed by atoms with Crippen molar-refractivity contribution in [2.45, 2.75) is 38.5 Å². The van der Waals surface area contributed by atoms with Crippen LogP contribution in [-0.2, 0) is 9.53 Å². The highest BCUT2D eigenvalue weighted by molar-refractivity contribution is 6.30. The Balaban J connectivity index is 1.95. The Bertz CT molecular complexity index is 525. The molecule has 1 fully saturated rings. The second-order valence-corrected chi connectivity index (χ2v) is 5.75. The van der Waals surface area contributed by atoms with Crippen LogP contribution in [0.5, 0.6) is 0 Å². The lowest BCUT2D eigenvalue weighted by Gasteiger charge is -2.28. The van der Waals surface area contributed by atoms with Crippen LogP contribution in [0.2, 0.25) is 0 Å². The summed E-state index contributed by atoms with van der Waals surface area (Å²) in [4.78, 5) is 11.1. The van der Waals surface area contributed by atoms with Gasteiger partial charge >= 0.3 is 0 Å². The number of halogens is 1. The van der Waals surface area contributed by atoms with E-state index in [4.69, 9.17) is 10.1 Å². The number of carbonyl (C=O) groups is 1. The van der Waals surface area contributed by atoms with Gasteiger partial charge in [0.1, 0.15) is 5.82 Å². The number of anilines is 1. The highest BCUT2D eigenvalue weighted by Crippen LogP contribution is 2.36. The van der Waals surface area contributed by atoms with Crippen molar-refractivity contribution in [1.82, 2.24) is 0 Å². The first-order valence-electron chi connectivity index (χ1n) is 7.82. The Morgan fingerprint density at radius 3 is 2.73 bits per heavy atom. The maximum absolute atomic E-state index is 14.0. The van der Waals surface area contributed by atoms with Crippen molar-refractivity contribution >= 4 is 17.8 Å². The van der Waals surface area contributed by atoms with Crippen LogP contribution in [0.3, 0.4) is 0 Å². The Labute approximate surface area is 130 Å². The first kappa shape index (κ1) is 16.6. The van der Waals surface area contributed by atoms with E-state index >= 15 is 0 Å². The van der Waals surface area contributed by atoms with Crippen molar-refractivity contribution in [3.63, 3.8) is 0 Å². The molecular formula is C17H23FN2O2. The molecule has 0 atom stereocenters. The third-order valence-electron chi connectivity index (χ3n) is 4.26. The van der Waals surface area contributed by atoms with Gasteiger partial charge in [0.25, 0.3) is 5.91 Å². The van der Waals surface area contributed by atoms with E-state index in [0.717, 1.165) is 44.5 Å². The Morgan fingerprint density at radius 2 is 2.14 bits per heavy atom. The van der Waals surface area contributed by atoms with Crippen LogP contribution in [0.1, 0.15) is 44.1 Å². The molecular weight excluding hydrogens is 283 g/mol. The minimum atomic E-state index is -0.622. The van der Waals surface area contributed by atoms with Crippen molar-refractivity contribution in [2.24, 2.45) is 5.92 Å². The monoisotopic (exact) mass is 306 g/mol. The van der Waals surface area contributed by atoms with E-state index < -0.39 is 11.7 Å². The van der Waals surface area contributed by atoms with E-state index in [1.807, 2.05) is 13.0 Å². The van der Waals surface area contributed by atoms with Gasteiger partial charge in [-0.2, -0.15) is 0 Å². The summed E-state index contributed by atoms with van der Waals surface area (Å²) in [5, 5.41) is 9.18. The van der Waals surface area contributed by atoms with Gasteiger partial charge in [0.05, 0.1) is 11.9 Å². The molecule has 0 aromatic heterocycles. The summed E-state index contributed by atoms with van der Waals surface area (Å²) >= 11 is 0. The Hall–Kier alpha value is -1.75. The fourth-order valence-corrected chi connectivity index (χ4v) is 3.00. The molecule has 2 rings (SSSR count). The highest BCUT2D eigenvalue weighted by atomic mass is 19.1. The van der Waals surface area contributed by atoms with Crippen LogP contribution >= 0.6 is 0 Å². The molecule has 1 saturated carbocycles. The Morgan fingerprint density at radius 1 is 1.41 bits per heavy atom. The standard InChI is InChI=1S/C17H23FN2O2/c1-2-22-11-12-3-5-13(6-4-12)14-7-8-16(15(18)9-14)20-17(21)10-19/h7-10,12-13,19H,2-6,11H2,1H3,(H,20,21). The number of hydrogen-bond donors (Lipinski definition) is 2. The minimum Gasteiger partial charge on any atom is -0.381 e. The summed E-state index contributed by atoms with van der Waals surface area (Å²) in [6.45, 7) is 3.59. The number of nitrogens with one attached hydrogen (secondary N) is 2. The molecule has 2 N–H and O–H groups in total. The number of ether oxygens (including phenoxy) is 1. The number of carbonyl (C=O) groups excluding carboxylic acids is 1. The van der Waals surface area contributed by atoms with Gasteiger partial charge in [-0.05, 0) is 62.1 Å². The molecule has 4 nitrogen and oxygen atoms in total. The van der Waals surface area contributed by atoms with E-state index in [9.17, 15) is 9.18 Å². The zero-order chi connectivity index (χ0) is 15.9. The van der Waals surface area contributed by atoms with E-state index in [1.54, 1.807) is 6.07 Å². The molecule has 0 saturated heterocycles. The maximum Gasteiger partial charge on any atom is 0.266 e. The maximum atomic E-state index is 14.0. The van der Waals surface area contributed by atoms with Crippen molar-refractivity contribution < 1.29 is 13.9 Å². The van der Waals surface area contributed by atoms with E-state index in [0.29, 0.717) is 18.1 Å². The third-order valence-corrected chi connectivity index (χ3v) is 4.26. The first-order chi connectivity index (χ1) is 10.6. The van der Waals surface area contributed by atoms with E-state index in [2.05, 4.69) is 5.32 Å². The smallest absolute Gasteiger partial charge is 0.266 e. The van der Waals surface area contributed by atoms with E-state index in [-0.39, 0.29) is 5.69 Å². The zero-order valence-corrected chi connectivity index (χ0v) is 12.9. The average Bonchev–Trinajstić information content (AvgIpc) is 2.55. The molecule has 1 amide bonds. The lowest BCUT2D eigenvalue weighted by Crippen LogP contribution is -2.18. The van der Waals surface area contributed by atoms with Gasteiger partial charge in [0, 0.05) is 13.2 Å². The van der Waals surface area contributed by atoms with Gasteiger partial charge in [-0.25, -0.2) is 4.39 Å². The summed E-state index contributed by atoms with van der Waals surface area (Å²) in [7, 11) is 0. The molecule has 22 heavy (non-hydrogen) atoms.